The van der Waals surface area contributed by atoms with E-state index in [1.807, 2.05) is 19.9 Å². The lowest BCUT2D eigenvalue weighted by atomic mass is 10.1. The quantitative estimate of drug-likeness (QED) is 0.503. The molecule has 1 heterocycles. The average Bonchev–Trinajstić information content (AvgIpc) is 3.42. The first kappa shape index (κ1) is 19.6. The third-order valence-electron chi connectivity index (χ3n) is 4.31. The number of pyridine rings is 1. The maximum absolute atomic E-state index is 14.4. The number of hydrogen-bond acceptors (Lipinski definition) is 5. The van der Waals surface area contributed by atoms with E-state index in [1.54, 1.807) is 24.0 Å². The van der Waals surface area contributed by atoms with Crippen LogP contribution in [0, 0.1) is 17.6 Å². The van der Waals surface area contributed by atoms with Crippen LogP contribution in [0.2, 0.25) is 0 Å². The highest BCUT2D eigenvalue weighted by Crippen LogP contribution is 2.49. The molecule has 27 heavy (non-hydrogen) atoms. The summed E-state index contributed by atoms with van der Waals surface area (Å²) in [4.78, 5) is 15.8. The molecule has 0 amide bonds. The molecule has 1 aromatic carbocycles. The van der Waals surface area contributed by atoms with Crippen molar-refractivity contribution in [2.45, 2.75) is 43.1 Å². The van der Waals surface area contributed by atoms with E-state index in [1.165, 1.54) is 19.2 Å². The van der Waals surface area contributed by atoms with E-state index in [0.717, 1.165) is 10.6 Å². The summed E-state index contributed by atoms with van der Waals surface area (Å²) in [6, 6.07) is 6.06. The van der Waals surface area contributed by atoms with E-state index in [2.05, 4.69) is 9.72 Å². The van der Waals surface area contributed by atoms with Gasteiger partial charge in [-0.2, -0.15) is 0 Å². The van der Waals surface area contributed by atoms with Gasteiger partial charge in [-0.25, -0.2) is 13.8 Å². The van der Waals surface area contributed by atoms with Crippen molar-refractivity contribution in [1.29, 1.82) is 0 Å². The molecule has 144 valence electrons. The summed E-state index contributed by atoms with van der Waals surface area (Å²) in [5.41, 5.74) is 1.22. The predicted octanol–water partition coefficient (Wildman–Crippen LogP) is 4.72. The number of halogens is 2. The average molecular weight is 393 g/mol. The third kappa shape index (κ3) is 4.58. The molecule has 0 saturated heterocycles. The highest BCUT2D eigenvalue weighted by atomic mass is 32.2. The van der Waals surface area contributed by atoms with Crippen LogP contribution >= 0.6 is 11.8 Å². The Balaban J connectivity index is 1.73. The molecular weight excluding hydrogens is 372 g/mol. The molecule has 1 saturated carbocycles. The van der Waals surface area contributed by atoms with Crippen LogP contribution < -0.4 is 4.74 Å². The fourth-order valence-electron chi connectivity index (χ4n) is 2.92. The van der Waals surface area contributed by atoms with Gasteiger partial charge in [0.25, 0.3) is 0 Å². The largest absolute Gasteiger partial charge is 0.483 e. The first-order valence-electron chi connectivity index (χ1n) is 8.70. The Morgan fingerprint density at radius 1 is 1.33 bits per heavy atom. The second-order valence-corrected chi connectivity index (χ2v) is 8.27. The van der Waals surface area contributed by atoms with Crippen LogP contribution in [0.5, 0.6) is 5.75 Å². The second-order valence-electron chi connectivity index (χ2n) is 6.71. The molecule has 3 rings (SSSR count). The summed E-state index contributed by atoms with van der Waals surface area (Å²) >= 11 is 1.57. The molecule has 2 atom stereocenters. The van der Waals surface area contributed by atoms with Crippen LogP contribution in [0.3, 0.4) is 0 Å². The van der Waals surface area contributed by atoms with Gasteiger partial charge in [0.15, 0.2) is 17.4 Å². The van der Waals surface area contributed by atoms with E-state index < -0.39 is 17.4 Å². The molecule has 2 unspecified atom stereocenters. The summed E-state index contributed by atoms with van der Waals surface area (Å²) < 4.78 is 38.9. The number of carbonyl (C=O) groups excluding carboxylic acids is 1. The van der Waals surface area contributed by atoms with Crippen LogP contribution in [0.4, 0.5) is 8.78 Å². The number of esters is 1. The molecule has 4 nitrogen and oxygen atoms in total. The molecule has 0 aliphatic heterocycles. The van der Waals surface area contributed by atoms with Gasteiger partial charge in [0.2, 0.25) is 0 Å². The molecule has 7 heteroatoms. The lowest BCUT2D eigenvalue weighted by Crippen LogP contribution is -2.05. The van der Waals surface area contributed by atoms with Gasteiger partial charge in [0.05, 0.1) is 13.0 Å². The van der Waals surface area contributed by atoms with Gasteiger partial charge in [0, 0.05) is 17.0 Å². The zero-order chi connectivity index (χ0) is 19.6. The van der Waals surface area contributed by atoms with Gasteiger partial charge in [-0.05, 0) is 36.1 Å². The third-order valence-corrected chi connectivity index (χ3v) is 5.37. The van der Waals surface area contributed by atoms with Crippen LogP contribution in [-0.2, 0) is 16.1 Å². The van der Waals surface area contributed by atoms with Crippen LogP contribution in [0.1, 0.15) is 37.3 Å². The number of nitrogens with zero attached hydrogens (tertiary/aromatic N) is 1. The lowest BCUT2D eigenvalue weighted by molar-refractivity contribution is -0.142. The fourth-order valence-corrected chi connectivity index (χ4v) is 3.77. The summed E-state index contributed by atoms with van der Waals surface area (Å²) in [5, 5.41) is 1.11. The first-order valence-corrected chi connectivity index (χ1v) is 9.58. The monoisotopic (exact) mass is 393 g/mol. The number of ether oxygens (including phenoxy) is 2. The number of aromatic nitrogens is 1. The smallest absolute Gasteiger partial charge is 0.309 e. The predicted molar refractivity (Wildman–Crippen MR) is 98.8 cm³/mol. The van der Waals surface area contributed by atoms with Crippen molar-refractivity contribution in [3.05, 3.63) is 53.2 Å². The molecule has 0 radical (unpaired) electrons. The van der Waals surface area contributed by atoms with Crippen molar-refractivity contribution < 1.29 is 23.0 Å². The van der Waals surface area contributed by atoms with Gasteiger partial charge in [0.1, 0.15) is 11.6 Å². The minimum absolute atomic E-state index is 0.0181. The SMILES string of the molecule is COC(=O)C1CC1c1cc(F)c(OCc2cccnc2SC(C)C)c(F)c1. The summed E-state index contributed by atoms with van der Waals surface area (Å²) in [5.74, 6) is -2.86. The Morgan fingerprint density at radius 3 is 2.67 bits per heavy atom. The highest BCUT2D eigenvalue weighted by Gasteiger charge is 2.45. The number of carbonyl (C=O) groups is 1. The van der Waals surface area contributed by atoms with Crippen molar-refractivity contribution in [2.24, 2.45) is 5.92 Å². The maximum Gasteiger partial charge on any atom is 0.309 e. The van der Waals surface area contributed by atoms with Crippen molar-refractivity contribution >= 4 is 17.7 Å². The van der Waals surface area contributed by atoms with E-state index in [0.29, 0.717) is 17.2 Å². The van der Waals surface area contributed by atoms with Crippen LogP contribution in [0.15, 0.2) is 35.5 Å². The Bertz CT molecular complexity index is 821. The lowest BCUT2D eigenvalue weighted by Gasteiger charge is -2.13. The number of rotatable bonds is 7. The second kappa shape index (κ2) is 8.25. The van der Waals surface area contributed by atoms with Crippen molar-refractivity contribution in [3.8, 4) is 5.75 Å². The van der Waals surface area contributed by atoms with E-state index in [9.17, 15) is 13.6 Å². The van der Waals surface area contributed by atoms with Crippen molar-refractivity contribution in [1.82, 2.24) is 4.98 Å². The Kier molecular flexibility index (Phi) is 5.99. The topological polar surface area (TPSA) is 48.4 Å². The minimum atomic E-state index is -0.775. The Labute approximate surface area is 161 Å². The summed E-state index contributed by atoms with van der Waals surface area (Å²) in [6.45, 7) is 4.10. The van der Waals surface area contributed by atoms with Crippen molar-refractivity contribution in [2.75, 3.05) is 7.11 Å². The molecule has 0 spiro atoms. The number of methoxy groups -OCH3 is 1. The first-order chi connectivity index (χ1) is 12.9. The number of benzene rings is 1. The Hall–Kier alpha value is -2.15. The molecule has 1 aliphatic carbocycles. The zero-order valence-electron chi connectivity index (χ0n) is 15.4. The standard InChI is InChI=1S/C20H21F2NO3S/c1-11(2)27-19-12(5-4-6-23-19)10-26-18-16(21)7-13(8-17(18)22)14-9-15(14)20(24)25-3/h4-8,11,14-15H,9-10H2,1-3H3. The van der Waals surface area contributed by atoms with Crippen LogP contribution in [0.25, 0.3) is 0 Å². The highest BCUT2D eigenvalue weighted by molar-refractivity contribution is 7.99. The normalized spacial score (nSPS) is 18.4. The summed E-state index contributed by atoms with van der Waals surface area (Å²) in [6.07, 6.45) is 2.22. The summed E-state index contributed by atoms with van der Waals surface area (Å²) in [7, 11) is 1.31. The van der Waals surface area contributed by atoms with Crippen LogP contribution in [-0.4, -0.2) is 23.3 Å². The Morgan fingerprint density at radius 2 is 2.04 bits per heavy atom. The number of hydrogen-bond donors (Lipinski definition) is 0. The zero-order valence-corrected chi connectivity index (χ0v) is 16.2. The van der Waals surface area contributed by atoms with Gasteiger partial charge >= 0.3 is 5.97 Å². The molecule has 2 aromatic rings. The van der Waals surface area contributed by atoms with E-state index in [4.69, 9.17) is 4.74 Å². The fraction of sp³-hybridized carbons (Fsp3) is 0.400. The van der Waals surface area contributed by atoms with Gasteiger partial charge in [-0.15, -0.1) is 11.8 Å². The van der Waals surface area contributed by atoms with Gasteiger partial charge in [-0.3, -0.25) is 4.79 Å². The van der Waals surface area contributed by atoms with Gasteiger partial charge < -0.3 is 9.47 Å². The van der Waals surface area contributed by atoms with E-state index in [-0.39, 0.29) is 24.4 Å². The maximum atomic E-state index is 14.4. The number of thioether (sulfide) groups is 1. The molecule has 1 aliphatic rings. The molecule has 0 N–H and O–H groups in total. The molecule has 1 fully saturated rings. The molecule has 0 bridgehead atoms. The minimum Gasteiger partial charge on any atom is -0.483 e. The van der Waals surface area contributed by atoms with Crippen molar-refractivity contribution in [3.63, 3.8) is 0 Å². The molecule has 1 aromatic heterocycles. The van der Waals surface area contributed by atoms with Gasteiger partial charge in [-0.1, -0.05) is 19.9 Å². The molecular formula is C20H21F2NO3S. The van der Waals surface area contributed by atoms with E-state index >= 15 is 0 Å².